The van der Waals surface area contributed by atoms with Crippen molar-refractivity contribution in [3.63, 3.8) is 0 Å². The van der Waals surface area contributed by atoms with Crippen molar-refractivity contribution in [2.45, 2.75) is 52.4 Å². The third-order valence-electron chi connectivity index (χ3n) is 5.87. The van der Waals surface area contributed by atoms with E-state index in [1.165, 1.54) is 71.4 Å². The molecular weight excluding hydrogens is 248 g/mol. The van der Waals surface area contributed by atoms with Gasteiger partial charge in [-0.05, 0) is 82.6 Å². The molecule has 0 aromatic heterocycles. The van der Waals surface area contributed by atoms with Crippen molar-refractivity contribution in [3.8, 4) is 0 Å². The third kappa shape index (κ3) is 3.75. The molecule has 0 radical (unpaired) electrons. The minimum absolute atomic E-state index is 0.363. The number of rotatable bonds is 6. The maximum atomic E-state index is 9.29. The van der Waals surface area contributed by atoms with Gasteiger partial charge in [-0.3, -0.25) is 0 Å². The lowest BCUT2D eigenvalue weighted by Crippen LogP contribution is -2.50. The first kappa shape index (κ1) is 16.3. The number of aliphatic hydroxyl groups is 1. The van der Waals surface area contributed by atoms with E-state index in [4.69, 9.17) is 0 Å². The Labute approximate surface area is 125 Å². The number of likely N-dealkylation sites (tertiary alicyclic amines) is 2. The summed E-state index contributed by atoms with van der Waals surface area (Å²) >= 11 is 0. The SMILES string of the molecule is CCN1CCC(C2(CCCO)CCCN(CC)C2)CC1. The number of aliphatic hydroxyl groups excluding tert-OH is 1. The van der Waals surface area contributed by atoms with E-state index < -0.39 is 0 Å². The number of piperidine rings is 2. The Bertz CT molecular complexity index is 276. The molecule has 0 aromatic rings. The Morgan fingerprint density at radius 2 is 1.75 bits per heavy atom. The topological polar surface area (TPSA) is 26.7 Å². The zero-order chi connectivity index (χ0) is 14.4. The summed E-state index contributed by atoms with van der Waals surface area (Å²) in [4.78, 5) is 5.24. The Morgan fingerprint density at radius 1 is 1.05 bits per heavy atom. The fourth-order valence-electron chi connectivity index (χ4n) is 4.56. The van der Waals surface area contributed by atoms with Gasteiger partial charge < -0.3 is 14.9 Å². The Kier molecular flexibility index (Phi) is 6.31. The maximum absolute atomic E-state index is 9.29. The van der Waals surface area contributed by atoms with Gasteiger partial charge in [0.2, 0.25) is 0 Å². The molecule has 2 saturated heterocycles. The molecule has 1 N–H and O–H groups in total. The molecule has 0 bridgehead atoms. The second-order valence-corrected chi connectivity index (χ2v) is 6.87. The van der Waals surface area contributed by atoms with E-state index >= 15 is 0 Å². The molecule has 3 nitrogen and oxygen atoms in total. The fourth-order valence-corrected chi connectivity index (χ4v) is 4.56. The van der Waals surface area contributed by atoms with Crippen LogP contribution in [0.4, 0.5) is 0 Å². The van der Waals surface area contributed by atoms with Crippen LogP contribution < -0.4 is 0 Å². The second kappa shape index (κ2) is 7.77. The van der Waals surface area contributed by atoms with Gasteiger partial charge in [0.15, 0.2) is 0 Å². The van der Waals surface area contributed by atoms with Gasteiger partial charge in [-0.15, -0.1) is 0 Å². The van der Waals surface area contributed by atoms with Crippen LogP contribution in [0.5, 0.6) is 0 Å². The molecule has 3 heteroatoms. The minimum atomic E-state index is 0.363. The van der Waals surface area contributed by atoms with Gasteiger partial charge in [-0.2, -0.15) is 0 Å². The van der Waals surface area contributed by atoms with E-state index in [1.807, 2.05) is 0 Å². The summed E-state index contributed by atoms with van der Waals surface area (Å²) in [6.45, 7) is 12.5. The van der Waals surface area contributed by atoms with E-state index in [0.717, 1.165) is 12.3 Å². The average molecular weight is 282 g/mol. The molecule has 2 fully saturated rings. The molecule has 0 aliphatic carbocycles. The molecule has 0 spiro atoms. The molecule has 0 saturated carbocycles. The molecule has 2 aliphatic heterocycles. The van der Waals surface area contributed by atoms with Crippen molar-refractivity contribution < 1.29 is 5.11 Å². The Balaban J connectivity index is 2.02. The molecule has 2 aliphatic rings. The summed E-state index contributed by atoms with van der Waals surface area (Å²) in [5, 5.41) is 9.29. The smallest absolute Gasteiger partial charge is 0.0431 e. The standard InChI is InChI=1S/C17H34N2O/c1-3-18-12-7-16(8-13-18)17(10-6-14-20)9-5-11-19(4-2)15-17/h16,20H,3-15H2,1-2H3. The van der Waals surface area contributed by atoms with Crippen LogP contribution in [0.1, 0.15) is 52.4 Å². The molecule has 2 rings (SSSR count). The largest absolute Gasteiger partial charge is 0.396 e. The molecule has 1 unspecified atom stereocenters. The zero-order valence-corrected chi connectivity index (χ0v) is 13.6. The Morgan fingerprint density at radius 3 is 2.35 bits per heavy atom. The molecule has 0 amide bonds. The fraction of sp³-hybridized carbons (Fsp3) is 1.00. The number of nitrogens with zero attached hydrogens (tertiary/aromatic N) is 2. The van der Waals surface area contributed by atoms with Crippen LogP contribution in [0.3, 0.4) is 0 Å². The van der Waals surface area contributed by atoms with Crippen LogP contribution >= 0.6 is 0 Å². The average Bonchev–Trinajstić information content (AvgIpc) is 2.53. The van der Waals surface area contributed by atoms with Crippen LogP contribution in [-0.2, 0) is 0 Å². The summed E-state index contributed by atoms with van der Waals surface area (Å²) in [6.07, 6.45) is 7.71. The van der Waals surface area contributed by atoms with Gasteiger partial charge in [0, 0.05) is 13.2 Å². The van der Waals surface area contributed by atoms with E-state index in [0.29, 0.717) is 12.0 Å². The molecule has 1 atom stereocenters. The van der Waals surface area contributed by atoms with E-state index in [2.05, 4.69) is 23.6 Å². The predicted molar refractivity (Wildman–Crippen MR) is 84.9 cm³/mol. The molecule has 0 aromatic carbocycles. The lowest BCUT2D eigenvalue weighted by molar-refractivity contribution is -0.00522. The number of hydrogen-bond acceptors (Lipinski definition) is 3. The third-order valence-corrected chi connectivity index (χ3v) is 5.87. The normalized spacial score (nSPS) is 30.8. The highest BCUT2D eigenvalue weighted by Gasteiger charge is 2.42. The van der Waals surface area contributed by atoms with Crippen molar-refractivity contribution in [1.82, 2.24) is 9.80 Å². The van der Waals surface area contributed by atoms with Gasteiger partial charge in [0.05, 0.1) is 0 Å². The van der Waals surface area contributed by atoms with Gasteiger partial charge in [-0.25, -0.2) is 0 Å². The predicted octanol–water partition coefficient (Wildman–Crippen LogP) is 2.59. The van der Waals surface area contributed by atoms with Crippen LogP contribution in [0.2, 0.25) is 0 Å². The lowest BCUT2D eigenvalue weighted by atomic mass is 9.64. The molecule has 2 heterocycles. The van der Waals surface area contributed by atoms with Crippen molar-refractivity contribution >= 4 is 0 Å². The lowest BCUT2D eigenvalue weighted by Gasteiger charge is -2.50. The van der Waals surface area contributed by atoms with E-state index in [9.17, 15) is 5.11 Å². The number of hydrogen-bond donors (Lipinski definition) is 1. The van der Waals surface area contributed by atoms with Gasteiger partial charge in [0.1, 0.15) is 0 Å². The van der Waals surface area contributed by atoms with Crippen LogP contribution in [0.15, 0.2) is 0 Å². The van der Waals surface area contributed by atoms with E-state index in [1.54, 1.807) is 0 Å². The first-order valence-electron chi connectivity index (χ1n) is 8.79. The van der Waals surface area contributed by atoms with Gasteiger partial charge in [-0.1, -0.05) is 13.8 Å². The zero-order valence-electron chi connectivity index (χ0n) is 13.6. The first-order valence-corrected chi connectivity index (χ1v) is 8.79. The summed E-state index contributed by atoms with van der Waals surface area (Å²) in [5.74, 6) is 0.881. The van der Waals surface area contributed by atoms with Crippen molar-refractivity contribution in [3.05, 3.63) is 0 Å². The van der Waals surface area contributed by atoms with Gasteiger partial charge >= 0.3 is 0 Å². The summed E-state index contributed by atoms with van der Waals surface area (Å²) < 4.78 is 0. The monoisotopic (exact) mass is 282 g/mol. The van der Waals surface area contributed by atoms with Gasteiger partial charge in [0.25, 0.3) is 0 Å². The molecule has 20 heavy (non-hydrogen) atoms. The second-order valence-electron chi connectivity index (χ2n) is 6.87. The Hall–Kier alpha value is -0.120. The van der Waals surface area contributed by atoms with Crippen molar-refractivity contribution in [2.24, 2.45) is 11.3 Å². The highest BCUT2D eigenvalue weighted by Crippen LogP contribution is 2.45. The first-order chi connectivity index (χ1) is 9.74. The highest BCUT2D eigenvalue weighted by atomic mass is 16.2. The van der Waals surface area contributed by atoms with E-state index in [-0.39, 0.29) is 0 Å². The highest BCUT2D eigenvalue weighted by molar-refractivity contribution is 4.94. The molecular formula is C17H34N2O. The summed E-state index contributed by atoms with van der Waals surface area (Å²) in [6, 6.07) is 0. The maximum Gasteiger partial charge on any atom is 0.0431 e. The van der Waals surface area contributed by atoms with Crippen LogP contribution in [0.25, 0.3) is 0 Å². The minimum Gasteiger partial charge on any atom is -0.396 e. The van der Waals surface area contributed by atoms with Crippen molar-refractivity contribution in [2.75, 3.05) is 45.9 Å². The van der Waals surface area contributed by atoms with Crippen molar-refractivity contribution in [1.29, 1.82) is 0 Å². The van der Waals surface area contributed by atoms with Crippen LogP contribution in [0, 0.1) is 11.3 Å². The quantitative estimate of drug-likeness (QED) is 0.811. The molecule has 118 valence electrons. The van der Waals surface area contributed by atoms with Crippen LogP contribution in [-0.4, -0.2) is 60.8 Å². The summed E-state index contributed by atoms with van der Waals surface area (Å²) in [7, 11) is 0. The summed E-state index contributed by atoms with van der Waals surface area (Å²) in [5.41, 5.74) is 0.497.